The number of ether oxygens (including phenoxy) is 1. The van der Waals surface area contributed by atoms with E-state index in [9.17, 15) is 19.5 Å². The Labute approximate surface area is 127 Å². The highest BCUT2D eigenvalue weighted by atomic mass is 16.5. The lowest BCUT2D eigenvalue weighted by molar-refractivity contribution is -0.141. The number of nitrogens with two attached hydrogens (primary N) is 1. The molecule has 0 fully saturated rings. The Hall–Kier alpha value is -2.13. The van der Waals surface area contributed by atoms with Crippen LogP contribution in [0.3, 0.4) is 0 Å². The van der Waals surface area contributed by atoms with Gasteiger partial charge in [0.25, 0.3) is 0 Å². The number of carboxylic acids is 1. The molecule has 22 heavy (non-hydrogen) atoms. The highest BCUT2D eigenvalue weighted by Gasteiger charge is 2.42. The van der Waals surface area contributed by atoms with Crippen LogP contribution in [0.1, 0.15) is 20.8 Å². The molecule has 0 radical (unpaired) electrons. The van der Waals surface area contributed by atoms with Crippen molar-refractivity contribution in [1.29, 1.82) is 0 Å². The Morgan fingerprint density at radius 3 is 2.32 bits per heavy atom. The molecule has 1 rings (SSSR count). The zero-order valence-electron chi connectivity index (χ0n) is 12.6. The fourth-order valence-corrected chi connectivity index (χ4v) is 2.28. The summed E-state index contributed by atoms with van der Waals surface area (Å²) in [7, 11) is 0. The Bertz CT molecular complexity index is 490. The summed E-state index contributed by atoms with van der Waals surface area (Å²) < 4.78 is 5.35. The minimum absolute atomic E-state index is 0.395. The van der Waals surface area contributed by atoms with Gasteiger partial charge in [-0.25, -0.2) is 4.79 Å². The molecule has 0 aromatic heterocycles. The van der Waals surface area contributed by atoms with E-state index in [1.807, 2.05) is 0 Å². The van der Waals surface area contributed by atoms with E-state index in [1.165, 1.54) is 13.8 Å². The van der Waals surface area contributed by atoms with Gasteiger partial charge in [-0.1, -0.05) is 0 Å². The van der Waals surface area contributed by atoms with Crippen LogP contribution in [0.2, 0.25) is 0 Å². The summed E-state index contributed by atoms with van der Waals surface area (Å²) in [6, 6.07) is -2.35. The number of nitrogens with one attached hydrogen (secondary N) is 2. The summed E-state index contributed by atoms with van der Waals surface area (Å²) in [5.41, 5.74) is 5.82. The minimum Gasteiger partial charge on any atom is -0.479 e. The second-order valence-corrected chi connectivity index (χ2v) is 5.22. The number of rotatable bonds is 5. The average Bonchev–Trinajstić information content (AvgIpc) is 2.37. The lowest BCUT2D eigenvalue weighted by atomic mass is 9.91. The predicted molar refractivity (Wildman–Crippen MR) is 75.5 cm³/mol. The maximum absolute atomic E-state index is 11.3. The van der Waals surface area contributed by atoms with E-state index in [4.69, 9.17) is 15.6 Å². The molecule has 124 valence electrons. The molecule has 0 spiro atoms. The second kappa shape index (κ2) is 7.23. The molecule has 0 aromatic carbocycles. The molecule has 9 heteroatoms. The molecular weight excluding hydrogens is 294 g/mol. The zero-order chi connectivity index (χ0) is 17.0. The number of amides is 2. The maximum atomic E-state index is 11.3. The number of carboxylic acid groups (broad SMARTS) is 1. The maximum Gasteiger partial charge on any atom is 0.370 e. The summed E-state index contributed by atoms with van der Waals surface area (Å²) in [5, 5.41) is 24.2. The number of carbonyl (C=O) groups is 3. The molecule has 1 aliphatic heterocycles. The van der Waals surface area contributed by atoms with Crippen molar-refractivity contribution in [2.24, 2.45) is 5.73 Å². The number of aliphatic carboxylic acids is 1. The quantitative estimate of drug-likeness (QED) is 0.396. The lowest BCUT2D eigenvalue weighted by Gasteiger charge is -2.40. The minimum atomic E-state index is -1.36. The van der Waals surface area contributed by atoms with Crippen LogP contribution in [0.25, 0.3) is 0 Å². The zero-order valence-corrected chi connectivity index (χ0v) is 12.6. The van der Waals surface area contributed by atoms with E-state index in [1.54, 1.807) is 6.92 Å². The Balaban J connectivity index is 3.17. The van der Waals surface area contributed by atoms with Gasteiger partial charge in [0.15, 0.2) is 0 Å². The standard InChI is InChI=1S/C13H21N3O6/c1-5(14)10(15-6(2)17)12-11(16-7(3)18)8(19)4-9(22-12)13(20)21/h4-5,8,10-12,19H,14H2,1-3H3,(H,15,17)(H,16,18)(H,20,21)/t5-,8-,10-,11-,12?/m0/s1. The largest absolute Gasteiger partial charge is 0.479 e. The van der Waals surface area contributed by atoms with Crippen LogP contribution >= 0.6 is 0 Å². The number of hydrogen-bond donors (Lipinski definition) is 5. The first-order chi connectivity index (χ1) is 10.1. The summed E-state index contributed by atoms with van der Waals surface area (Å²) in [6.07, 6.45) is -1.33. The van der Waals surface area contributed by atoms with E-state index in [0.717, 1.165) is 6.08 Å². The van der Waals surface area contributed by atoms with E-state index in [-0.39, 0.29) is 0 Å². The molecule has 0 aliphatic carbocycles. The van der Waals surface area contributed by atoms with E-state index < -0.39 is 53.9 Å². The summed E-state index contributed by atoms with van der Waals surface area (Å²) in [6.45, 7) is 4.12. The number of hydrogen-bond acceptors (Lipinski definition) is 6. The molecule has 5 atom stereocenters. The smallest absolute Gasteiger partial charge is 0.370 e. The van der Waals surface area contributed by atoms with Crippen LogP contribution in [-0.2, 0) is 19.1 Å². The van der Waals surface area contributed by atoms with Gasteiger partial charge in [0.05, 0.1) is 12.1 Å². The van der Waals surface area contributed by atoms with Crippen LogP contribution in [0.5, 0.6) is 0 Å². The Kier molecular flexibility index (Phi) is 5.89. The molecular formula is C13H21N3O6. The van der Waals surface area contributed by atoms with E-state index in [0.29, 0.717) is 0 Å². The number of aliphatic hydroxyl groups excluding tert-OH is 1. The van der Waals surface area contributed by atoms with Gasteiger partial charge < -0.3 is 31.3 Å². The topological polar surface area (TPSA) is 151 Å². The second-order valence-electron chi connectivity index (χ2n) is 5.22. The normalized spacial score (nSPS) is 27.0. The highest BCUT2D eigenvalue weighted by Crippen LogP contribution is 2.22. The van der Waals surface area contributed by atoms with E-state index in [2.05, 4.69) is 10.6 Å². The molecule has 1 heterocycles. The lowest BCUT2D eigenvalue weighted by Crippen LogP contribution is -2.64. The van der Waals surface area contributed by atoms with Gasteiger partial charge in [-0.05, 0) is 13.0 Å². The molecule has 1 unspecified atom stereocenters. The molecule has 0 bridgehead atoms. The molecule has 9 nitrogen and oxygen atoms in total. The van der Waals surface area contributed by atoms with Crippen molar-refractivity contribution in [2.45, 2.75) is 51.1 Å². The Morgan fingerprint density at radius 2 is 1.91 bits per heavy atom. The summed E-state index contributed by atoms with van der Waals surface area (Å²) in [4.78, 5) is 33.7. The molecule has 0 aromatic rings. The van der Waals surface area contributed by atoms with Crippen molar-refractivity contribution in [3.63, 3.8) is 0 Å². The third kappa shape index (κ3) is 4.43. The van der Waals surface area contributed by atoms with Gasteiger partial charge in [-0.3, -0.25) is 9.59 Å². The van der Waals surface area contributed by atoms with Gasteiger partial charge in [-0.2, -0.15) is 0 Å². The fourth-order valence-electron chi connectivity index (χ4n) is 2.28. The SMILES string of the molecule is CC(=O)N[C@H](C1OC(C(=O)O)=C[C@H](O)[C@@H]1NC(C)=O)[C@H](C)N. The molecule has 0 saturated carbocycles. The van der Waals surface area contributed by atoms with Crippen LogP contribution in [0, 0.1) is 0 Å². The van der Waals surface area contributed by atoms with Gasteiger partial charge in [-0.15, -0.1) is 0 Å². The van der Waals surface area contributed by atoms with Gasteiger partial charge in [0.2, 0.25) is 17.6 Å². The van der Waals surface area contributed by atoms with Crippen LogP contribution in [-0.4, -0.2) is 58.3 Å². The predicted octanol–water partition coefficient (Wildman–Crippen LogP) is -1.93. The summed E-state index contributed by atoms with van der Waals surface area (Å²) in [5.74, 6) is -2.66. The third-order valence-corrected chi connectivity index (χ3v) is 3.18. The van der Waals surface area contributed by atoms with E-state index >= 15 is 0 Å². The van der Waals surface area contributed by atoms with Crippen LogP contribution in [0.15, 0.2) is 11.8 Å². The van der Waals surface area contributed by atoms with Crippen molar-refractivity contribution in [1.82, 2.24) is 10.6 Å². The molecule has 2 amide bonds. The van der Waals surface area contributed by atoms with Crippen molar-refractivity contribution in [3.05, 3.63) is 11.8 Å². The molecule has 1 aliphatic rings. The highest BCUT2D eigenvalue weighted by molar-refractivity contribution is 5.84. The number of aliphatic hydroxyl groups is 1. The van der Waals surface area contributed by atoms with Crippen LogP contribution < -0.4 is 16.4 Å². The first kappa shape index (κ1) is 17.9. The average molecular weight is 315 g/mol. The van der Waals surface area contributed by atoms with Gasteiger partial charge >= 0.3 is 5.97 Å². The van der Waals surface area contributed by atoms with Crippen LogP contribution in [0.4, 0.5) is 0 Å². The molecule has 6 N–H and O–H groups in total. The molecule has 0 saturated heterocycles. The van der Waals surface area contributed by atoms with Gasteiger partial charge in [0, 0.05) is 19.9 Å². The first-order valence-electron chi connectivity index (χ1n) is 6.73. The number of carbonyl (C=O) groups excluding carboxylic acids is 2. The summed E-state index contributed by atoms with van der Waals surface area (Å²) >= 11 is 0. The third-order valence-electron chi connectivity index (χ3n) is 3.18. The first-order valence-corrected chi connectivity index (χ1v) is 6.73. The van der Waals surface area contributed by atoms with Crippen molar-refractivity contribution in [2.75, 3.05) is 0 Å². The van der Waals surface area contributed by atoms with Crippen molar-refractivity contribution in [3.8, 4) is 0 Å². The van der Waals surface area contributed by atoms with Gasteiger partial charge in [0.1, 0.15) is 12.2 Å². The monoisotopic (exact) mass is 315 g/mol. The fraction of sp³-hybridized carbons (Fsp3) is 0.615. The Morgan fingerprint density at radius 1 is 1.32 bits per heavy atom. The van der Waals surface area contributed by atoms with Crippen molar-refractivity contribution >= 4 is 17.8 Å². The van der Waals surface area contributed by atoms with Crippen molar-refractivity contribution < 1.29 is 29.3 Å².